The van der Waals surface area contributed by atoms with Crippen molar-refractivity contribution in [3.8, 4) is 0 Å². The second-order valence-electron chi connectivity index (χ2n) is 1.08. The summed E-state index contributed by atoms with van der Waals surface area (Å²) >= 11 is 20.8. The maximum absolute atomic E-state index is 7.80. The summed E-state index contributed by atoms with van der Waals surface area (Å²) < 4.78 is -1.73. The normalized spacial score (nSPS) is 14.2. The van der Waals surface area contributed by atoms with E-state index >= 15 is 0 Å². The van der Waals surface area contributed by atoms with Gasteiger partial charge in [0.2, 0.25) is 3.79 Å². The highest BCUT2D eigenvalue weighted by Gasteiger charge is 2.29. The van der Waals surface area contributed by atoms with Crippen molar-refractivity contribution in [1.29, 1.82) is 0 Å². The number of hydrogen-bond acceptors (Lipinski definition) is 1. The summed E-state index contributed by atoms with van der Waals surface area (Å²) in [5, 5.41) is 2.95. The summed E-state index contributed by atoms with van der Waals surface area (Å²) in [5.74, 6) is 0. The third-order valence-electron chi connectivity index (χ3n) is 0.423. The summed E-state index contributed by atoms with van der Waals surface area (Å²) in [6, 6.07) is 0. The van der Waals surface area contributed by atoms with E-state index in [1.54, 1.807) is 0 Å². The molecule has 0 bridgehead atoms. The smallest absolute Gasteiger partial charge is 0.112 e. The molecule has 52 valence electrons. The average Bonchev–Trinajstić information content (AvgIpc) is 1.64. The molecule has 0 aliphatic heterocycles. The van der Waals surface area contributed by atoms with E-state index in [0.717, 1.165) is 0 Å². The van der Waals surface area contributed by atoms with Crippen LogP contribution < -0.4 is 0 Å². The van der Waals surface area contributed by atoms with E-state index in [-0.39, 0.29) is 0 Å². The summed E-state index contributed by atoms with van der Waals surface area (Å²) in [6.07, 6.45) is 0. The van der Waals surface area contributed by atoms with Crippen LogP contribution in [0.3, 0.4) is 0 Å². The minimum absolute atomic E-state index is 1.16. The highest BCUT2D eigenvalue weighted by Crippen LogP contribution is 2.34. The van der Waals surface area contributed by atoms with Crippen molar-refractivity contribution in [2.45, 2.75) is 9.29 Å². The molecule has 0 aromatic carbocycles. The largest absolute Gasteiger partial charge is 0.212 e. The van der Waals surface area contributed by atoms with E-state index in [9.17, 15) is 0 Å². The first-order chi connectivity index (χ1) is 3.98. The summed E-state index contributed by atoms with van der Waals surface area (Å²) in [4.78, 5) is 2.34. The molecule has 0 fully saturated rings. The Morgan fingerprint density at radius 1 is 1.44 bits per heavy atom. The molecule has 0 aliphatic carbocycles. The Morgan fingerprint density at radius 3 is 2.00 bits per heavy atom. The molecule has 1 atom stereocenters. The van der Waals surface area contributed by atoms with Gasteiger partial charge in [0.05, 0.1) is 0 Å². The zero-order valence-electron chi connectivity index (χ0n) is 3.93. The molecular weight excluding hydrogens is 208 g/mol. The third kappa shape index (κ3) is 3.95. The van der Waals surface area contributed by atoms with E-state index in [4.69, 9.17) is 51.9 Å². The van der Waals surface area contributed by atoms with Crippen molar-refractivity contribution < 1.29 is 0 Å². The third-order valence-corrected chi connectivity index (χ3v) is 1.79. The SMILES string of the molecule is [N-]=[N+]=NC(Cl)C(Cl)(Cl)Cl. The van der Waals surface area contributed by atoms with Gasteiger partial charge in [-0.2, -0.15) is 0 Å². The van der Waals surface area contributed by atoms with Gasteiger partial charge in [-0.15, -0.1) is 11.6 Å². The molecule has 0 radical (unpaired) electrons. The average molecular weight is 209 g/mol. The van der Waals surface area contributed by atoms with Gasteiger partial charge in [-0.3, -0.25) is 0 Å². The van der Waals surface area contributed by atoms with Crippen LogP contribution >= 0.6 is 46.4 Å². The van der Waals surface area contributed by atoms with Gasteiger partial charge in [-0.05, 0) is 5.53 Å². The molecule has 0 saturated carbocycles. The Hall–Kier alpha value is 0.470. The Bertz CT molecular complexity index is 133. The number of alkyl halides is 4. The predicted molar refractivity (Wildman–Crippen MR) is 39.1 cm³/mol. The summed E-state index contributed by atoms with van der Waals surface area (Å²) in [7, 11) is 0. The van der Waals surface area contributed by atoms with Crippen LogP contribution in [0.1, 0.15) is 0 Å². The Labute approximate surface area is 71.5 Å². The van der Waals surface area contributed by atoms with Crippen molar-refractivity contribution in [2.75, 3.05) is 0 Å². The van der Waals surface area contributed by atoms with Gasteiger partial charge in [0.1, 0.15) is 0 Å². The topological polar surface area (TPSA) is 48.8 Å². The van der Waals surface area contributed by atoms with Crippen LogP contribution in [-0.4, -0.2) is 9.29 Å². The molecule has 0 rings (SSSR count). The molecular formula is C2HCl4N3. The van der Waals surface area contributed by atoms with E-state index in [2.05, 4.69) is 10.0 Å². The molecule has 0 saturated heterocycles. The predicted octanol–water partition coefficient (Wildman–Crippen LogP) is 3.23. The molecule has 0 N–H and O–H groups in total. The number of rotatable bonds is 1. The van der Waals surface area contributed by atoms with E-state index in [0.29, 0.717) is 0 Å². The van der Waals surface area contributed by atoms with Crippen LogP contribution in [0.4, 0.5) is 0 Å². The lowest BCUT2D eigenvalue weighted by atomic mass is 10.8. The Balaban J connectivity index is 4.03. The van der Waals surface area contributed by atoms with Gasteiger partial charge in [-0.1, -0.05) is 39.9 Å². The van der Waals surface area contributed by atoms with E-state index < -0.39 is 9.29 Å². The van der Waals surface area contributed by atoms with Gasteiger partial charge in [0, 0.05) is 4.91 Å². The molecule has 9 heavy (non-hydrogen) atoms. The molecule has 0 spiro atoms. The first-order valence-corrected chi connectivity index (χ1v) is 3.30. The van der Waals surface area contributed by atoms with E-state index in [1.807, 2.05) is 0 Å². The molecule has 0 heterocycles. The fraction of sp³-hybridized carbons (Fsp3) is 1.00. The van der Waals surface area contributed by atoms with Gasteiger partial charge in [-0.25, -0.2) is 0 Å². The quantitative estimate of drug-likeness (QED) is 0.209. The fourth-order valence-electron chi connectivity index (χ4n) is 0.111. The minimum atomic E-state index is -1.73. The highest BCUT2D eigenvalue weighted by molar-refractivity contribution is 6.70. The number of nitrogens with zero attached hydrogens (tertiary/aromatic N) is 3. The molecule has 3 nitrogen and oxygen atoms in total. The van der Waals surface area contributed by atoms with Crippen LogP contribution in [0.25, 0.3) is 10.4 Å². The number of hydrogen-bond donors (Lipinski definition) is 0. The van der Waals surface area contributed by atoms with Crippen molar-refractivity contribution in [3.63, 3.8) is 0 Å². The molecule has 0 aromatic rings. The fourth-order valence-corrected chi connectivity index (χ4v) is 0.281. The zero-order valence-corrected chi connectivity index (χ0v) is 6.95. The van der Waals surface area contributed by atoms with Crippen molar-refractivity contribution >= 4 is 46.4 Å². The Kier molecular flexibility index (Phi) is 3.78. The van der Waals surface area contributed by atoms with E-state index in [1.165, 1.54) is 0 Å². The second-order valence-corrected chi connectivity index (χ2v) is 3.86. The second kappa shape index (κ2) is 3.59. The molecule has 0 aliphatic rings. The van der Waals surface area contributed by atoms with Crippen LogP contribution in [0.5, 0.6) is 0 Å². The summed E-state index contributed by atoms with van der Waals surface area (Å²) in [5.41, 5.74) is 6.64. The van der Waals surface area contributed by atoms with Crippen LogP contribution in [0.15, 0.2) is 5.11 Å². The zero-order chi connectivity index (χ0) is 7.49. The van der Waals surface area contributed by atoms with Gasteiger partial charge < -0.3 is 0 Å². The van der Waals surface area contributed by atoms with Gasteiger partial charge >= 0.3 is 0 Å². The highest BCUT2D eigenvalue weighted by atomic mass is 35.6. The van der Waals surface area contributed by atoms with Crippen LogP contribution in [0.2, 0.25) is 0 Å². The summed E-state index contributed by atoms with van der Waals surface area (Å²) in [6.45, 7) is 0. The number of azide groups is 1. The minimum Gasteiger partial charge on any atom is -0.112 e. The van der Waals surface area contributed by atoms with Crippen molar-refractivity contribution in [3.05, 3.63) is 10.4 Å². The molecule has 0 amide bonds. The molecule has 0 aromatic heterocycles. The first-order valence-electron chi connectivity index (χ1n) is 1.73. The molecule has 7 heteroatoms. The van der Waals surface area contributed by atoms with Gasteiger partial charge in [0.15, 0.2) is 5.50 Å². The van der Waals surface area contributed by atoms with Crippen LogP contribution in [0, 0.1) is 0 Å². The maximum Gasteiger partial charge on any atom is 0.212 e. The van der Waals surface area contributed by atoms with Crippen molar-refractivity contribution in [1.82, 2.24) is 0 Å². The maximum atomic E-state index is 7.80. The molecule has 1 unspecified atom stereocenters. The Morgan fingerprint density at radius 2 is 1.89 bits per heavy atom. The lowest BCUT2D eigenvalue weighted by Crippen LogP contribution is -2.15. The lowest BCUT2D eigenvalue weighted by Gasteiger charge is -2.10. The first kappa shape index (κ1) is 9.47. The number of halogens is 4. The monoisotopic (exact) mass is 207 g/mol. The van der Waals surface area contributed by atoms with Crippen molar-refractivity contribution in [2.24, 2.45) is 5.11 Å². The standard InChI is InChI=1S/C2HCl4N3/c3-1(8-9-7)2(4,5)6/h1H. The lowest BCUT2D eigenvalue weighted by molar-refractivity contribution is 0.920. The van der Waals surface area contributed by atoms with Gasteiger partial charge in [0.25, 0.3) is 0 Å². The van der Waals surface area contributed by atoms with Crippen LogP contribution in [-0.2, 0) is 0 Å².